The number of aromatic nitrogens is 1. The molecule has 0 aliphatic heterocycles. The monoisotopic (exact) mass is 311 g/mol. The second-order valence-electron chi connectivity index (χ2n) is 6.27. The van der Waals surface area contributed by atoms with Gasteiger partial charge in [0, 0.05) is 18.8 Å². The van der Waals surface area contributed by atoms with E-state index in [0.717, 1.165) is 18.8 Å². The second kappa shape index (κ2) is 5.14. The molecule has 7 heteroatoms. The summed E-state index contributed by atoms with van der Waals surface area (Å²) in [4.78, 5) is 12.3. The van der Waals surface area contributed by atoms with Crippen LogP contribution >= 0.6 is 0 Å². The van der Waals surface area contributed by atoms with Crippen LogP contribution in [-0.2, 0) is 10.0 Å². The lowest BCUT2D eigenvalue weighted by atomic mass is 10.1. The summed E-state index contributed by atoms with van der Waals surface area (Å²) in [6.07, 6.45) is 5.90. The highest BCUT2D eigenvalue weighted by Crippen LogP contribution is 2.38. The van der Waals surface area contributed by atoms with E-state index in [4.69, 9.17) is 5.14 Å². The fraction of sp³-hybridized carbons (Fsp3) is 0.643. The molecule has 0 bridgehead atoms. The average molecular weight is 311 g/mol. The Morgan fingerprint density at radius 3 is 2.62 bits per heavy atom. The van der Waals surface area contributed by atoms with Gasteiger partial charge in [-0.05, 0) is 43.6 Å². The van der Waals surface area contributed by atoms with Gasteiger partial charge in [0.2, 0.25) is 10.0 Å². The van der Waals surface area contributed by atoms with Crippen LogP contribution < -0.4 is 10.5 Å². The zero-order valence-corrected chi connectivity index (χ0v) is 12.9. The highest BCUT2D eigenvalue weighted by Gasteiger charge is 2.31. The van der Waals surface area contributed by atoms with Crippen LogP contribution in [0, 0.1) is 11.8 Å². The predicted octanol–water partition coefficient (Wildman–Crippen LogP) is 1.25. The van der Waals surface area contributed by atoms with Gasteiger partial charge >= 0.3 is 0 Å². The van der Waals surface area contributed by atoms with Crippen LogP contribution in [0.2, 0.25) is 0 Å². The van der Waals surface area contributed by atoms with Gasteiger partial charge in [0.25, 0.3) is 5.91 Å². The molecule has 3 N–H and O–H groups in total. The number of sulfonamides is 1. The number of nitrogens with zero attached hydrogens (tertiary/aromatic N) is 1. The van der Waals surface area contributed by atoms with Crippen molar-refractivity contribution in [1.82, 2.24) is 9.88 Å². The summed E-state index contributed by atoms with van der Waals surface area (Å²) in [6, 6.07) is 1.60. The summed E-state index contributed by atoms with van der Waals surface area (Å²) in [5, 5.41) is 8.07. The number of rotatable bonds is 6. The lowest BCUT2D eigenvalue weighted by molar-refractivity contribution is 0.0937. The largest absolute Gasteiger partial charge is 0.350 e. The molecule has 2 fully saturated rings. The average Bonchev–Trinajstić information content (AvgIpc) is 3.31. The highest BCUT2D eigenvalue weighted by molar-refractivity contribution is 7.89. The molecule has 116 valence electrons. The van der Waals surface area contributed by atoms with Crippen LogP contribution in [0.25, 0.3) is 0 Å². The molecule has 2 saturated carbocycles. The van der Waals surface area contributed by atoms with Crippen molar-refractivity contribution < 1.29 is 13.2 Å². The summed E-state index contributed by atoms with van der Waals surface area (Å²) in [5.74, 6) is 0.973. The van der Waals surface area contributed by atoms with Gasteiger partial charge in [-0.15, -0.1) is 0 Å². The van der Waals surface area contributed by atoms with Crippen molar-refractivity contribution in [3.63, 3.8) is 0 Å². The summed E-state index contributed by atoms with van der Waals surface area (Å²) in [6.45, 7) is 2.76. The molecule has 1 aromatic rings. The van der Waals surface area contributed by atoms with E-state index >= 15 is 0 Å². The van der Waals surface area contributed by atoms with Crippen LogP contribution in [-0.4, -0.2) is 25.4 Å². The minimum absolute atomic E-state index is 0.00907. The Morgan fingerprint density at radius 2 is 2.10 bits per heavy atom. The Labute approximate surface area is 124 Å². The van der Waals surface area contributed by atoms with Crippen molar-refractivity contribution >= 4 is 15.9 Å². The Morgan fingerprint density at radius 1 is 1.43 bits per heavy atom. The number of amides is 1. The van der Waals surface area contributed by atoms with Gasteiger partial charge in [0.1, 0.15) is 10.6 Å². The van der Waals surface area contributed by atoms with Crippen LogP contribution in [0.5, 0.6) is 0 Å². The van der Waals surface area contributed by atoms with Gasteiger partial charge < -0.3 is 9.88 Å². The van der Waals surface area contributed by atoms with Gasteiger partial charge in [-0.2, -0.15) is 0 Å². The third-order valence-electron chi connectivity index (χ3n) is 4.34. The normalized spacial score (nSPS) is 20.3. The first kappa shape index (κ1) is 14.6. The Bertz CT molecular complexity index is 657. The quantitative estimate of drug-likeness (QED) is 0.827. The van der Waals surface area contributed by atoms with Crippen molar-refractivity contribution in [3.05, 3.63) is 18.0 Å². The third-order valence-corrected chi connectivity index (χ3v) is 5.22. The van der Waals surface area contributed by atoms with Crippen molar-refractivity contribution in [2.24, 2.45) is 17.0 Å². The van der Waals surface area contributed by atoms with Gasteiger partial charge in [0.15, 0.2) is 0 Å². The molecule has 1 amide bonds. The highest BCUT2D eigenvalue weighted by atomic mass is 32.2. The van der Waals surface area contributed by atoms with E-state index in [0.29, 0.717) is 18.2 Å². The maximum absolute atomic E-state index is 12.3. The van der Waals surface area contributed by atoms with E-state index in [1.807, 2.05) is 0 Å². The van der Waals surface area contributed by atoms with E-state index in [9.17, 15) is 13.2 Å². The number of carbonyl (C=O) groups excluding carboxylic acids is 1. The Balaban J connectivity index is 1.76. The molecule has 1 unspecified atom stereocenters. The maximum Gasteiger partial charge on any atom is 0.267 e. The molecular weight excluding hydrogens is 290 g/mol. The standard InChI is InChI=1S/C14H21N3O3S/c1-9(10-2-3-10)7-16-14(18)13-6-12(21(15,19)20)8-17(13)11-4-5-11/h6,8-11H,2-5,7H2,1H3,(H,16,18)(H2,15,19,20). The molecule has 2 aliphatic rings. The van der Waals surface area contributed by atoms with Crippen LogP contribution in [0.3, 0.4) is 0 Å². The predicted molar refractivity (Wildman–Crippen MR) is 78.3 cm³/mol. The molecule has 0 saturated heterocycles. The summed E-state index contributed by atoms with van der Waals surface area (Å²) >= 11 is 0. The van der Waals surface area contributed by atoms with E-state index in [2.05, 4.69) is 12.2 Å². The van der Waals surface area contributed by atoms with E-state index in [1.165, 1.54) is 25.1 Å². The van der Waals surface area contributed by atoms with Crippen molar-refractivity contribution in [2.45, 2.75) is 43.5 Å². The van der Waals surface area contributed by atoms with E-state index in [-0.39, 0.29) is 16.8 Å². The summed E-state index contributed by atoms with van der Waals surface area (Å²) in [7, 11) is -3.78. The number of nitrogens with two attached hydrogens (primary N) is 1. The number of hydrogen-bond acceptors (Lipinski definition) is 3. The van der Waals surface area contributed by atoms with Crippen LogP contribution in [0.4, 0.5) is 0 Å². The zero-order chi connectivity index (χ0) is 15.2. The molecule has 0 spiro atoms. The Hall–Kier alpha value is -1.34. The molecule has 1 heterocycles. The van der Waals surface area contributed by atoms with Crippen LogP contribution in [0.1, 0.15) is 49.1 Å². The molecule has 0 aromatic carbocycles. The van der Waals surface area contributed by atoms with Gasteiger partial charge in [-0.3, -0.25) is 4.79 Å². The fourth-order valence-electron chi connectivity index (χ4n) is 2.62. The number of primary sulfonamides is 1. The smallest absolute Gasteiger partial charge is 0.267 e. The molecule has 0 radical (unpaired) electrons. The van der Waals surface area contributed by atoms with Crippen molar-refractivity contribution in [2.75, 3.05) is 6.54 Å². The molecule has 2 aliphatic carbocycles. The Kier molecular flexibility index (Phi) is 3.57. The minimum atomic E-state index is -3.78. The second-order valence-corrected chi connectivity index (χ2v) is 7.83. The molecule has 21 heavy (non-hydrogen) atoms. The lowest BCUT2D eigenvalue weighted by Crippen LogP contribution is -2.30. The molecular formula is C14H21N3O3S. The molecule has 6 nitrogen and oxygen atoms in total. The molecule has 3 rings (SSSR count). The maximum atomic E-state index is 12.3. The topological polar surface area (TPSA) is 94.2 Å². The first-order valence-electron chi connectivity index (χ1n) is 7.39. The van der Waals surface area contributed by atoms with Gasteiger partial charge in [-0.1, -0.05) is 6.92 Å². The number of nitrogens with one attached hydrogen (secondary N) is 1. The zero-order valence-electron chi connectivity index (χ0n) is 12.1. The van der Waals surface area contributed by atoms with Crippen molar-refractivity contribution in [3.8, 4) is 0 Å². The summed E-state index contributed by atoms with van der Waals surface area (Å²) < 4.78 is 24.7. The first-order valence-corrected chi connectivity index (χ1v) is 8.94. The SMILES string of the molecule is CC(CNC(=O)c1cc(S(N)(=O)=O)cn1C1CC1)C1CC1. The summed E-state index contributed by atoms with van der Waals surface area (Å²) in [5.41, 5.74) is 0.393. The molecule has 1 aromatic heterocycles. The first-order chi connectivity index (χ1) is 9.86. The lowest BCUT2D eigenvalue weighted by Gasteiger charge is -2.12. The van der Waals surface area contributed by atoms with Gasteiger partial charge in [0.05, 0.1) is 0 Å². The third kappa shape index (κ3) is 3.29. The van der Waals surface area contributed by atoms with E-state index in [1.54, 1.807) is 4.57 Å². The van der Waals surface area contributed by atoms with E-state index < -0.39 is 10.0 Å². The van der Waals surface area contributed by atoms with Gasteiger partial charge in [-0.25, -0.2) is 13.6 Å². The fourth-order valence-corrected chi connectivity index (χ4v) is 3.16. The minimum Gasteiger partial charge on any atom is -0.350 e. The number of carbonyl (C=O) groups is 1. The van der Waals surface area contributed by atoms with Crippen LogP contribution in [0.15, 0.2) is 17.2 Å². The molecule has 1 atom stereocenters. The van der Waals surface area contributed by atoms with Crippen molar-refractivity contribution in [1.29, 1.82) is 0 Å². The number of hydrogen-bond donors (Lipinski definition) is 2.